The number of cyclic esters (lactones) is 1. The lowest BCUT2D eigenvalue weighted by Crippen LogP contribution is -2.38. The summed E-state index contributed by atoms with van der Waals surface area (Å²) >= 11 is 0. The third-order valence-corrected chi connectivity index (χ3v) is 10.0. The molecule has 4 rings (SSSR count). The molecule has 10 atom stereocenters. The van der Waals surface area contributed by atoms with Crippen molar-refractivity contribution in [1.29, 1.82) is 0 Å². The second-order valence-electron chi connectivity index (χ2n) is 12.9. The molecule has 0 aromatic rings. The van der Waals surface area contributed by atoms with Crippen LogP contribution in [-0.2, 0) is 28.5 Å². The summed E-state index contributed by atoms with van der Waals surface area (Å²) in [5, 5.41) is 20.8. The van der Waals surface area contributed by atoms with Crippen LogP contribution in [0.2, 0.25) is 0 Å². The first-order valence-corrected chi connectivity index (χ1v) is 15.8. The van der Waals surface area contributed by atoms with Crippen LogP contribution in [0.15, 0.2) is 47.5 Å². The van der Waals surface area contributed by atoms with Gasteiger partial charge >= 0.3 is 5.97 Å². The first-order chi connectivity index (χ1) is 20.0. The Morgan fingerprint density at radius 2 is 1.86 bits per heavy atom. The van der Waals surface area contributed by atoms with Crippen LogP contribution < -0.4 is 0 Å². The molecule has 1 aliphatic carbocycles. The molecule has 234 valence electrons. The molecular weight excluding hydrogens is 536 g/mol. The van der Waals surface area contributed by atoms with Crippen molar-refractivity contribution in [2.24, 2.45) is 29.6 Å². The minimum atomic E-state index is -0.840. The quantitative estimate of drug-likeness (QED) is 0.179. The predicted octanol–water partition coefficient (Wildman–Crippen LogP) is 5.76. The van der Waals surface area contributed by atoms with E-state index in [4.69, 9.17) is 18.9 Å². The fourth-order valence-corrected chi connectivity index (χ4v) is 7.47. The van der Waals surface area contributed by atoms with Crippen LogP contribution in [0, 0.1) is 29.6 Å². The SMILES string of the molecule is C=C1OC(=O)C(C(=O)[C@H](C)[C@@H]2[C@@H](C)CCC[C@@H]2/C=C(\CO)[C@H]2O[C@@H](/C=C/C[C@@H]3CC[C@@H]([C@@H](C)OC)O3)CC[C@@H]2C)=C1O. The van der Waals surface area contributed by atoms with Gasteiger partial charge in [-0.3, -0.25) is 4.79 Å². The zero-order valence-corrected chi connectivity index (χ0v) is 25.9. The van der Waals surface area contributed by atoms with Crippen LogP contribution in [0.25, 0.3) is 0 Å². The number of hydrogen-bond acceptors (Lipinski definition) is 8. The maximum absolute atomic E-state index is 13.4. The number of rotatable bonds is 11. The Balaban J connectivity index is 1.44. The zero-order valence-electron chi connectivity index (χ0n) is 25.9. The normalized spacial score (nSPS) is 36.0. The van der Waals surface area contributed by atoms with E-state index in [9.17, 15) is 19.8 Å². The summed E-state index contributed by atoms with van der Waals surface area (Å²) in [6.45, 7) is 11.6. The first-order valence-electron chi connectivity index (χ1n) is 15.8. The van der Waals surface area contributed by atoms with Crippen molar-refractivity contribution in [3.8, 4) is 0 Å². The van der Waals surface area contributed by atoms with E-state index in [2.05, 4.69) is 38.7 Å². The molecule has 0 unspecified atom stereocenters. The Kier molecular flexibility index (Phi) is 11.3. The van der Waals surface area contributed by atoms with Crippen molar-refractivity contribution in [2.45, 2.75) is 110 Å². The highest BCUT2D eigenvalue weighted by atomic mass is 16.6. The number of methoxy groups -OCH3 is 1. The third-order valence-electron chi connectivity index (χ3n) is 10.0. The number of hydrogen-bond donors (Lipinski definition) is 2. The number of carbonyl (C=O) groups is 2. The van der Waals surface area contributed by atoms with Crippen molar-refractivity contribution in [2.75, 3.05) is 13.7 Å². The zero-order chi connectivity index (χ0) is 30.6. The largest absolute Gasteiger partial charge is 0.504 e. The monoisotopic (exact) mass is 586 g/mol. The number of allylic oxidation sites excluding steroid dienone is 1. The Morgan fingerprint density at radius 3 is 2.52 bits per heavy atom. The molecule has 3 aliphatic heterocycles. The minimum absolute atomic E-state index is 0.0331. The number of aliphatic hydroxyl groups is 2. The summed E-state index contributed by atoms with van der Waals surface area (Å²) in [5.74, 6) is -1.95. The summed E-state index contributed by atoms with van der Waals surface area (Å²) in [7, 11) is 1.72. The number of carbonyl (C=O) groups excluding carboxylic acids is 2. The van der Waals surface area contributed by atoms with Crippen LogP contribution in [0.4, 0.5) is 0 Å². The molecular formula is C34H50O8. The average molecular weight is 587 g/mol. The van der Waals surface area contributed by atoms with Crippen LogP contribution in [0.1, 0.15) is 79.1 Å². The molecule has 0 aromatic heterocycles. The molecule has 0 radical (unpaired) electrons. The molecule has 2 N–H and O–H groups in total. The van der Waals surface area contributed by atoms with Crippen LogP contribution in [0.5, 0.6) is 0 Å². The molecule has 3 heterocycles. The second kappa shape index (κ2) is 14.5. The van der Waals surface area contributed by atoms with Gasteiger partial charge in [-0.2, -0.15) is 0 Å². The molecule has 8 nitrogen and oxygen atoms in total. The maximum atomic E-state index is 13.4. The highest BCUT2D eigenvalue weighted by molar-refractivity contribution is 6.20. The fourth-order valence-electron chi connectivity index (χ4n) is 7.47. The summed E-state index contributed by atoms with van der Waals surface area (Å²) in [6, 6.07) is 0. The van der Waals surface area contributed by atoms with E-state index >= 15 is 0 Å². The van der Waals surface area contributed by atoms with Crippen LogP contribution >= 0.6 is 0 Å². The molecule has 8 heteroatoms. The van der Waals surface area contributed by atoms with Gasteiger partial charge < -0.3 is 29.2 Å². The van der Waals surface area contributed by atoms with E-state index < -0.39 is 23.4 Å². The summed E-state index contributed by atoms with van der Waals surface area (Å²) < 4.78 is 23.1. The molecule has 0 spiro atoms. The Labute approximate surface area is 250 Å². The number of esters is 1. The average Bonchev–Trinajstić information content (AvgIpc) is 3.54. The lowest BCUT2D eigenvalue weighted by Gasteiger charge is -2.40. The van der Waals surface area contributed by atoms with Crippen molar-refractivity contribution in [3.63, 3.8) is 0 Å². The van der Waals surface area contributed by atoms with Gasteiger partial charge in [0.05, 0.1) is 37.1 Å². The fraction of sp³-hybridized carbons (Fsp3) is 0.706. The smallest absolute Gasteiger partial charge is 0.351 e. The number of aliphatic hydroxyl groups excluding tert-OH is 2. The van der Waals surface area contributed by atoms with Crippen LogP contribution in [-0.4, -0.2) is 66.2 Å². The van der Waals surface area contributed by atoms with Crippen molar-refractivity contribution in [3.05, 3.63) is 47.5 Å². The van der Waals surface area contributed by atoms with Gasteiger partial charge in [0.15, 0.2) is 17.3 Å². The van der Waals surface area contributed by atoms with E-state index in [0.717, 1.165) is 56.9 Å². The van der Waals surface area contributed by atoms with E-state index in [1.807, 2.05) is 13.8 Å². The summed E-state index contributed by atoms with van der Waals surface area (Å²) in [6.07, 6.45) is 14.3. The Bertz CT molecular complexity index is 1090. The number of ether oxygens (including phenoxy) is 4. The molecule has 0 amide bonds. The van der Waals surface area contributed by atoms with Gasteiger partial charge in [-0.05, 0) is 74.7 Å². The molecule has 4 aliphatic rings. The number of ketones is 1. The van der Waals surface area contributed by atoms with Crippen molar-refractivity contribution < 1.29 is 38.7 Å². The minimum Gasteiger partial charge on any atom is -0.504 e. The highest BCUT2D eigenvalue weighted by Gasteiger charge is 2.43. The summed E-state index contributed by atoms with van der Waals surface area (Å²) in [4.78, 5) is 25.7. The number of Topliss-reactive ketones (excluding diaryl/α,β-unsaturated/α-hetero) is 1. The van der Waals surface area contributed by atoms with Gasteiger partial charge in [-0.1, -0.05) is 58.4 Å². The molecule has 2 saturated heterocycles. The van der Waals surface area contributed by atoms with Gasteiger partial charge in [0.25, 0.3) is 0 Å². The predicted molar refractivity (Wildman–Crippen MR) is 159 cm³/mol. The standard InChI is InChI=1S/C34H50O8/c1-19-9-7-10-24(29(19)21(3)31(36)30-32(37)23(5)40-34(30)38)17-25(18-35)33-20(2)13-14-27(42-33)12-8-11-26-15-16-28(41-26)22(4)39-6/h8,12,17,19-22,24,26-29,33,35,37H,5,7,9-11,13-16,18H2,1-4,6H3/b12-8+,25-17+/t19-,20-,21+,22+,24+,26+,27-,28-,29-,33-/m0/s1. The van der Waals surface area contributed by atoms with Crippen LogP contribution in [0.3, 0.4) is 0 Å². The molecule has 42 heavy (non-hydrogen) atoms. The Hall–Kier alpha value is -2.26. The third kappa shape index (κ3) is 7.26. The lowest BCUT2D eigenvalue weighted by atomic mass is 9.65. The summed E-state index contributed by atoms with van der Waals surface area (Å²) in [5.41, 5.74) is 0.552. The van der Waals surface area contributed by atoms with Gasteiger partial charge in [-0.15, -0.1) is 0 Å². The molecule has 0 aromatic carbocycles. The maximum Gasteiger partial charge on any atom is 0.351 e. The Morgan fingerprint density at radius 1 is 1.10 bits per heavy atom. The van der Waals surface area contributed by atoms with Gasteiger partial charge in [0, 0.05) is 13.0 Å². The van der Waals surface area contributed by atoms with Crippen molar-refractivity contribution in [1.82, 2.24) is 0 Å². The first kappa shape index (κ1) is 32.6. The molecule has 0 bridgehead atoms. The molecule has 3 fully saturated rings. The van der Waals surface area contributed by atoms with Gasteiger partial charge in [0.2, 0.25) is 0 Å². The van der Waals surface area contributed by atoms with E-state index in [0.29, 0.717) is 0 Å². The van der Waals surface area contributed by atoms with Gasteiger partial charge in [0.1, 0.15) is 5.57 Å². The van der Waals surface area contributed by atoms with E-state index in [1.54, 1.807) is 7.11 Å². The van der Waals surface area contributed by atoms with E-state index in [1.165, 1.54) is 0 Å². The molecule has 1 saturated carbocycles. The van der Waals surface area contributed by atoms with Gasteiger partial charge in [-0.25, -0.2) is 4.79 Å². The topological polar surface area (TPSA) is 112 Å². The second-order valence-corrected chi connectivity index (χ2v) is 12.9. The van der Waals surface area contributed by atoms with Crippen molar-refractivity contribution >= 4 is 11.8 Å². The highest BCUT2D eigenvalue weighted by Crippen LogP contribution is 2.43. The lowest BCUT2D eigenvalue weighted by molar-refractivity contribution is -0.136. The van der Waals surface area contributed by atoms with E-state index in [-0.39, 0.29) is 72.1 Å².